The van der Waals surface area contributed by atoms with Crippen LogP contribution in [0.25, 0.3) is 6.08 Å². The van der Waals surface area contributed by atoms with Crippen molar-refractivity contribution in [2.75, 3.05) is 20.8 Å². The van der Waals surface area contributed by atoms with Crippen LogP contribution in [0, 0.1) is 0 Å². The molecule has 2 aromatic carbocycles. The molecule has 0 fully saturated rings. The number of nitrogens with two attached hydrogens (primary N) is 1. The lowest BCUT2D eigenvalue weighted by Crippen LogP contribution is -2.45. The van der Waals surface area contributed by atoms with Gasteiger partial charge in [0.1, 0.15) is 29.0 Å². The van der Waals surface area contributed by atoms with Crippen LogP contribution in [0.3, 0.4) is 0 Å². The Labute approximate surface area is 194 Å². The van der Waals surface area contributed by atoms with E-state index in [1.54, 1.807) is 24.3 Å². The number of benzene rings is 2. The number of ketones is 1. The van der Waals surface area contributed by atoms with Crippen LogP contribution in [-0.2, 0) is 14.4 Å². The molecular formula is C23H22N2O9. The van der Waals surface area contributed by atoms with Crippen molar-refractivity contribution in [3.05, 3.63) is 53.3 Å². The molecule has 0 radical (unpaired) electrons. The van der Waals surface area contributed by atoms with E-state index in [0.29, 0.717) is 22.6 Å². The summed E-state index contributed by atoms with van der Waals surface area (Å²) in [7, 11) is 3.03. The topological polar surface area (TPSA) is 163 Å². The van der Waals surface area contributed by atoms with E-state index in [4.69, 9.17) is 29.8 Å². The third-order valence-electron chi connectivity index (χ3n) is 4.78. The maximum Gasteiger partial charge on any atom is 0.326 e. The van der Waals surface area contributed by atoms with Gasteiger partial charge in [-0.1, -0.05) is 0 Å². The Kier molecular flexibility index (Phi) is 7.36. The molecule has 0 unspecified atom stereocenters. The van der Waals surface area contributed by atoms with Gasteiger partial charge in [0.2, 0.25) is 11.7 Å². The number of carbonyl (C=O) groups excluding carboxylic acids is 3. The monoisotopic (exact) mass is 470 g/mol. The molecule has 1 heterocycles. The molecule has 0 saturated heterocycles. The van der Waals surface area contributed by atoms with E-state index in [9.17, 15) is 19.2 Å². The van der Waals surface area contributed by atoms with Gasteiger partial charge in [0.15, 0.2) is 12.4 Å². The number of primary amides is 1. The lowest BCUT2D eigenvalue weighted by molar-refractivity contribution is -0.143. The summed E-state index contributed by atoms with van der Waals surface area (Å²) in [4.78, 5) is 46.8. The van der Waals surface area contributed by atoms with Gasteiger partial charge >= 0.3 is 5.97 Å². The zero-order valence-electron chi connectivity index (χ0n) is 18.3. The SMILES string of the molecule is COc1ccc(/C=C2\Oc3cc(OCC(=O)N[C@H](CC(N)=O)C(=O)O)ccc3C2=O)c(OC)c1. The third kappa shape index (κ3) is 5.63. The largest absolute Gasteiger partial charge is 0.497 e. The average Bonchev–Trinajstić information content (AvgIpc) is 3.11. The summed E-state index contributed by atoms with van der Waals surface area (Å²) < 4.78 is 21.5. The molecular weight excluding hydrogens is 448 g/mol. The molecule has 0 aliphatic carbocycles. The molecule has 0 saturated carbocycles. The van der Waals surface area contributed by atoms with E-state index in [0.717, 1.165) is 0 Å². The molecule has 178 valence electrons. The van der Waals surface area contributed by atoms with Gasteiger partial charge in [-0.3, -0.25) is 14.4 Å². The molecule has 11 nitrogen and oxygen atoms in total. The Bertz CT molecular complexity index is 1170. The Morgan fingerprint density at radius 3 is 2.50 bits per heavy atom. The van der Waals surface area contributed by atoms with Crippen molar-refractivity contribution < 1.29 is 43.2 Å². The zero-order chi connectivity index (χ0) is 24.8. The minimum atomic E-state index is -1.46. The molecule has 4 N–H and O–H groups in total. The number of fused-ring (bicyclic) bond motifs is 1. The molecule has 11 heteroatoms. The summed E-state index contributed by atoms with van der Waals surface area (Å²) >= 11 is 0. The molecule has 0 aromatic heterocycles. The van der Waals surface area contributed by atoms with Gasteiger partial charge in [-0.05, 0) is 30.3 Å². The Hall–Kier alpha value is -4.54. The fourth-order valence-electron chi connectivity index (χ4n) is 3.12. The average molecular weight is 470 g/mol. The number of ether oxygens (including phenoxy) is 4. The van der Waals surface area contributed by atoms with Gasteiger partial charge in [-0.2, -0.15) is 0 Å². The normalized spacial score (nSPS) is 14.1. The predicted octanol–water partition coefficient (Wildman–Crippen LogP) is 1.14. The second-order valence-corrected chi connectivity index (χ2v) is 7.12. The fraction of sp³-hybridized carbons (Fsp3) is 0.217. The molecule has 2 amide bonds. The van der Waals surface area contributed by atoms with Crippen LogP contribution in [0.15, 0.2) is 42.2 Å². The molecule has 0 bridgehead atoms. The van der Waals surface area contributed by atoms with Crippen molar-refractivity contribution in [2.24, 2.45) is 5.73 Å². The summed E-state index contributed by atoms with van der Waals surface area (Å²) in [6.07, 6.45) is 0.989. The van der Waals surface area contributed by atoms with Crippen molar-refractivity contribution >= 4 is 29.6 Å². The summed E-state index contributed by atoms with van der Waals surface area (Å²) in [6.45, 7) is -0.527. The summed E-state index contributed by atoms with van der Waals surface area (Å²) in [6, 6.07) is 8.06. The molecule has 34 heavy (non-hydrogen) atoms. The van der Waals surface area contributed by atoms with Crippen LogP contribution in [0.5, 0.6) is 23.0 Å². The van der Waals surface area contributed by atoms with Crippen molar-refractivity contribution in [1.82, 2.24) is 5.32 Å². The van der Waals surface area contributed by atoms with Gasteiger partial charge in [0.25, 0.3) is 5.91 Å². The maximum absolute atomic E-state index is 12.7. The first-order valence-electron chi connectivity index (χ1n) is 9.95. The first-order chi connectivity index (χ1) is 16.2. The number of rotatable bonds is 10. The van der Waals surface area contributed by atoms with Crippen LogP contribution in [0.2, 0.25) is 0 Å². The lowest BCUT2D eigenvalue weighted by atomic mass is 10.1. The molecule has 2 aromatic rings. The maximum atomic E-state index is 12.7. The number of amides is 2. The Morgan fingerprint density at radius 1 is 1.12 bits per heavy atom. The zero-order valence-corrected chi connectivity index (χ0v) is 18.3. The number of methoxy groups -OCH3 is 2. The van der Waals surface area contributed by atoms with Crippen LogP contribution >= 0.6 is 0 Å². The Morgan fingerprint density at radius 2 is 1.85 bits per heavy atom. The van der Waals surface area contributed by atoms with Gasteiger partial charge in [0.05, 0.1) is 26.2 Å². The minimum Gasteiger partial charge on any atom is -0.497 e. The van der Waals surface area contributed by atoms with Crippen molar-refractivity contribution in [3.63, 3.8) is 0 Å². The summed E-state index contributed by atoms with van der Waals surface area (Å²) in [5, 5.41) is 11.2. The highest BCUT2D eigenvalue weighted by Gasteiger charge is 2.28. The number of carbonyl (C=O) groups is 4. The molecule has 1 atom stereocenters. The minimum absolute atomic E-state index is 0.0733. The molecule has 1 aliphatic rings. The number of aliphatic carboxylic acids is 1. The Balaban J connectivity index is 1.69. The van der Waals surface area contributed by atoms with Gasteiger partial charge < -0.3 is 35.1 Å². The van der Waals surface area contributed by atoms with E-state index in [1.165, 1.54) is 32.4 Å². The third-order valence-corrected chi connectivity index (χ3v) is 4.78. The summed E-state index contributed by atoms with van der Waals surface area (Å²) in [5.74, 6) is -1.77. The predicted molar refractivity (Wildman–Crippen MR) is 118 cm³/mol. The molecule has 1 aliphatic heterocycles. The van der Waals surface area contributed by atoms with Gasteiger partial charge in [-0.25, -0.2) is 4.79 Å². The van der Waals surface area contributed by atoms with Crippen LogP contribution in [0.4, 0.5) is 0 Å². The van der Waals surface area contributed by atoms with Crippen LogP contribution in [0.1, 0.15) is 22.3 Å². The number of nitrogens with one attached hydrogen (secondary N) is 1. The smallest absolute Gasteiger partial charge is 0.326 e. The number of Topliss-reactive ketones (excluding diaryl/α,β-unsaturated/α-hetero) is 1. The second kappa shape index (κ2) is 10.4. The highest BCUT2D eigenvalue weighted by Crippen LogP contribution is 2.36. The van der Waals surface area contributed by atoms with Crippen molar-refractivity contribution in [2.45, 2.75) is 12.5 Å². The fourth-order valence-corrected chi connectivity index (χ4v) is 3.12. The van der Waals surface area contributed by atoms with Crippen LogP contribution < -0.4 is 30.0 Å². The second-order valence-electron chi connectivity index (χ2n) is 7.12. The standard InChI is InChI=1S/C23H22N2O9/c1-31-13-4-3-12(17(8-13)32-2)7-19-22(28)15-6-5-14(9-18(15)34-19)33-11-21(27)25-16(23(29)30)10-20(24)26/h3-9,16H,10-11H2,1-2H3,(H2,24,26)(H,25,27)(H,29,30)/b19-7-/t16-/m1/s1. The lowest BCUT2D eigenvalue weighted by Gasteiger charge is -2.13. The van der Waals surface area contributed by atoms with Gasteiger partial charge in [-0.15, -0.1) is 0 Å². The van der Waals surface area contributed by atoms with E-state index >= 15 is 0 Å². The highest BCUT2D eigenvalue weighted by atomic mass is 16.5. The van der Waals surface area contributed by atoms with E-state index in [-0.39, 0.29) is 23.0 Å². The highest BCUT2D eigenvalue weighted by molar-refractivity contribution is 6.14. The van der Waals surface area contributed by atoms with E-state index in [1.807, 2.05) is 0 Å². The quantitative estimate of drug-likeness (QED) is 0.432. The van der Waals surface area contributed by atoms with E-state index in [2.05, 4.69) is 5.32 Å². The number of allylic oxidation sites excluding steroid dienone is 1. The van der Waals surface area contributed by atoms with Crippen LogP contribution in [-0.4, -0.2) is 55.5 Å². The first kappa shape index (κ1) is 24.1. The first-order valence-corrected chi connectivity index (χ1v) is 9.95. The number of hydrogen-bond acceptors (Lipinski definition) is 8. The van der Waals surface area contributed by atoms with Crippen molar-refractivity contribution in [1.29, 1.82) is 0 Å². The van der Waals surface area contributed by atoms with E-state index < -0.39 is 36.9 Å². The van der Waals surface area contributed by atoms with Crippen molar-refractivity contribution in [3.8, 4) is 23.0 Å². The molecule has 3 rings (SSSR count). The molecule has 0 spiro atoms. The number of carboxylic acid groups (broad SMARTS) is 1. The number of carboxylic acids is 1. The summed E-state index contributed by atoms with van der Waals surface area (Å²) in [5.41, 5.74) is 5.90. The van der Waals surface area contributed by atoms with Gasteiger partial charge in [0, 0.05) is 17.7 Å². The number of hydrogen-bond donors (Lipinski definition) is 3.